The van der Waals surface area contributed by atoms with Crippen LogP contribution in [0.15, 0.2) is 72.8 Å². The van der Waals surface area contributed by atoms with Gasteiger partial charge in [-0.15, -0.1) is 0 Å². The summed E-state index contributed by atoms with van der Waals surface area (Å²) in [6.07, 6.45) is -15.4. The zero-order valence-corrected chi connectivity index (χ0v) is 16.2. The third-order valence-corrected chi connectivity index (χ3v) is 6.95. The van der Waals surface area contributed by atoms with Crippen LogP contribution in [-0.4, -0.2) is 0 Å². The Kier molecular flexibility index (Phi) is 6.11. The van der Waals surface area contributed by atoms with Gasteiger partial charge < -0.3 is 0 Å². The summed E-state index contributed by atoms with van der Waals surface area (Å²) in [4.78, 5) is 0. The van der Waals surface area contributed by atoms with Gasteiger partial charge in [0, 0.05) is 5.30 Å². The average molecular weight is 466 g/mol. The second-order valence-electron chi connectivity index (χ2n) is 6.38. The first-order chi connectivity index (χ1) is 14.3. The van der Waals surface area contributed by atoms with Crippen molar-refractivity contribution in [2.75, 3.05) is 0 Å². The van der Waals surface area contributed by atoms with E-state index in [0.29, 0.717) is 24.3 Å². The van der Waals surface area contributed by atoms with Gasteiger partial charge in [0.25, 0.3) is 0 Å². The molecule has 0 radical (unpaired) electrons. The van der Waals surface area contributed by atoms with Gasteiger partial charge in [-0.25, -0.2) is 0 Å². The molecular formula is C21H12F9P. The lowest BCUT2D eigenvalue weighted by Gasteiger charge is -2.28. The average Bonchev–Trinajstić information content (AvgIpc) is 2.67. The quantitative estimate of drug-likeness (QED) is 0.305. The molecule has 0 spiro atoms. The fraction of sp³-hybridized carbons (Fsp3) is 0.143. The number of halogens is 9. The van der Waals surface area contributed by atoms with Gasteiger partial charge in [-0.2, -0.15) is 39.5 Å². The van der Waals surface area contributed by atoms with Crippen LogP contribution >= 0.6 is 7.92 Å². The molecule has 0 aliphatic carbocycles. The number of hydrogen-bond acceptors (Lipinski definition) is 0. The minimum atomic E-state index is -5.21. The maximum atomic E-state index is 13.8. The highest BCUT2D eigenvalue weighted by Crippen LogP contribution is 2.46. The van der Waals surface area contributed by atoms with Gasteiger partial charge in [-0.05, 0) is 36.7 Å². The molecule has 0 amide bonds. The molecule has 31 heavy (non-hydrogen) atoms. The molecule has 164 valence electrons. The van der Waals surface area contributed by atoms with Crippen LogP contribution in [0.4, 0.5) is 39.5 Å². The Hall–Kier alpha value is -2.54. The molecule has 0 aromatic heterocycles. The summed E-state index contributed by atoms with van der Waals surface area (Å²) in [5.41, 5.74) is -4.52. The van der Waals surface area contributed by atoms with Crippen molar-refractivity contribution in [3.63, 3.8) is 0 Å². The minimum Gasteiger partial charge on any atom is -0.166 e. The molecule has 3 rings (SSSR count). The molecule has 1 atom stereocenters. The van der Waals surface area contributed by atoms with Gasteiger partial charge in [0.1, 0.15) is 0 Å². The van der Waals surface area contributed by atoms with Crippen molar-refractivity contribution < 1.29 is 39.5 Å². The maximum absolute atomic E-state index is 13.8. The SMILES string of the molecule is FC(F)(F)c1ccccc1P(c1ccccc1)c1c(C(F)(F)F)cccc1C(F)(F)F. The Bertz CT molecular complexity index is 1020. The first-order valence-electron chi connectivity index (χ1n) is 8.60. The molecule has 0 aliphatic heterocycles. The molecule has 0 bridgehead atoms. The third-order valence-electron chi connectivity index (χ3n) is 4.34. The Morgan fingerprint density at radius 3 is 1.35 bits per heavy atom. The molecule has 0 fully saturated rings. The fourth-order valence-corrected chi connectivity index (χ4v) is 5.93. The second kappa shape index (κ2) is 8.19. The van der Waals surface area contributed by atoms with Crippen molar-refractivity contribution in [1.29, 1.82) is 0 Å². The molecular weight excluding hydrogens is 454 g/mol. The van der Waals surface area contributed by atoms with Gasteiger partial charge in [-0.1, -0.05) is 54.6 Å². The van der Waals surface area contributed by atoms with Crippen molar-refractivity contribution in [1.82, 2.24) is 0 Å². The Labute approximate surface area is 172 Å². The molecule has 0 saturated carbocycles. The monoisotopic (exact) mass is 466 g/mol. The van der Waals surface area contributed by atoms with E-state index in [2.05, 4.69) is 0 Å². The van der Waals surface area contributed by atoms with Crippen LogP contribution in [0.5, 0.6) is 0 Å². The van der Waals surface area contributed by atoms with Crippen molar-refractivity contribution in [2.24, 2.45) is 0 Å². The molecule has 10 heteroatoms. The predicted molar refractivity (Wildman–Crippen MR) is 100 cm³/mol. The molecule has 0 aliphatic rings. The number of alkyl halides is 9. The molecule has 0 saturated heterocycles. The van der Waals surface area contributed by atoms with Crippen LogP contribution in [0.1, 0.15) is 16.7 Å². The minimum absolute atomic E-state index is 0.0728. The normalized spacial score (nSPS) is 13.8. The number of hydrogen-bond donors (Lipinski definition) is 0. The van der Waals surface area contributed by atoms with Crippen LogP contribution in [0.25, 0.3) is 0 Å². The van der Waals surface area contributed by atoms with E-state index in [4.69, 9.17) is 0 Å². The number of benzene rings is 3. The highest BCUT2D eigenvalue weighted by atomic mass is 31.1. The smallest absolute Gasteiger partial charge is 0.166 e. The molecule has 3 aromatic rings. The molecule has 0 heterocycles. The van der Waals surface area contributed by atoms with Crippen LogP contribution in [0.2, 0.25) is 0 Å². The van der Waals surface area contributed by atoms with E-state index in [1.807, 2.05) is 0 Å². The van der Waals surface area contributed by atoms with Crippen LogP contribution in [-0.2, 0) is 18.5 Å². The maximum Gasteiger partial charge on any atom is 0.417 e. The van der Waals surface area contributed by atoms with Crippen LogP contribution in [0.3, 0.4) is 0 Å². The lowest BCUT2D eigenvalue weighted by molar-refractivity contribution is -0.141. The Morgan fingerprint density at radius 1 is 0.452 bits per heavy atom. The first kappa shape index (κ1) is 23.1. The largest absolute Gasteiger partial charge is 0.417 e. The third kappa shape index (κ3) is 4.87. The van der Waals surface area contributed by atoms with Gasteiger partial charge in [0.05, 0.1) is 16.7 Å². The summed E-state index contributed by atoms with van der Waals surface area (Å²) in [6.45, 7) is 0. The first-order valence-corrected chi connectivity index (χ1v) is 9.95. The number of rotatable bonds is 3. The van der Waals surface area contributed by atoms with Crippen molar-refractivity contribution in [3.05, 3.63) is 89.5 Å². The highest BCUT2D eigenvalue weighted by Gasteiger charge is 2.45. The van der Waals surface area contributed by atoms with E-state index in [-0.39, 0.29) is 5.30 Å². The Balaban J connectivity index is 2.48. The summed E-state index contributed by atoms with van der Waals surface area (Å²) in [6, 6.07) is 11.9. The van der Waals surface area contributed by atoms with Gasteiger partial charge in [0.15, 0.2) is 0 Å². The summed E-state index contributed by atoms with van der Waals surface area (Å²) >= 11 is 0. The summed E-state index contributed by atoms with van der Waals surface area (Å²) in [5, 5.41) is -1.92. The summed E-state index contributed by atoms with van der Waals surface area (Å²) in [5.74, 6) is 0. The van der Waals surface area contributed by atoms with Crippen molar-refractivity contribution in [2.45, 2.75) is 18.5 Å². The fourth-order valence-electron chi connectivity index (χ4n) is 3.12. The summed E-state index contributed by atoms with van der Waals surface area (Å²) in [7, 11) is -2.86. The highest BCUT2D eigenvalue weighted by molar-refractivity contribution is 7.80. The Morgan fingerprint density at radius 2 is 0.871 bits per heavy atom. The predicted octanol–water partition coefficient (Wildman–Crippen LogP) is 6.50. The van der Waals surface area contributed by atoms with E-state index in [9.17, 15) is 39.5 Å². The second-order valence-corrected chi connectivity index (χ2v) is 8.50. The lowest BCUT2D eigenvalue weighted by Crippen LogP contribution is -2.34. The van der Waals surface area contributed by atoms with Gasteiger partial charge in [-0.3, -0.25) is 0 Å². The molecule has 0 N–H and O–H groups in total. The molecule has 3 aromatic carbocycles. The molecule has 1 unspecified atom stereocenters. The van der Waals surface area contributed by atoms with Gasteiger partial charge >= 0.3 is 18.5 Å². The van der Waals surface area contributed by atoms with Crippen molar-refractivity contribution in [3.8, 4) is 0 Å². The van der Waals surface area contributed by atoms with E-state index in [1.54, 1.807) is 0 Å². The summed E-state index contributed by atoms with van der Waals surface area (Å²) < 4.78 is 124. The zero-order valence-electron chi connectivity index (χ0n) is 15.3. The van der Waals surface area contributed by atoms with E-state index < -0.39 is 53.7 Å². The van der Waals surface area contributed by atoms with Crippen molar-refractivity contribution >= 4 is 23.8 Å². The standard InChI is InChI=1S/C21H12F9P/c22-19(23,24)14-9-4-5-12-17(14)31(13-7-2-1-3-8-13)18-15(20(25,26)27)10-6-11-16(18)21(28,29)30/h1-12H. The van der Waals surface area contributed by atoms with E-state index in [0.717, 1.165) is 18.2 Å². The topological polar surface area (TPSA) is 0 Å². The van der Waals surface area contributed by atoms with E-state index in [1.165, 1.54) is 30.3 Å². The zero-order chi connectivity index (χ0) is 23.0. The van der Waals surface area contributed by atoms with E-state index >= 15 is 0 Å². The van der Waals surface area contributed by atoms with Gasteiger partial charge in [0.2, 0.25) is 0 Å². The molecule has 0 nitrogen and oxygen atoms in total. The lowest BCUT2D eigenvalue weighted by atomic mass is 10.1. The van der Waals surface area contributed by atoms with Crippen LogP contribution in [0, 0.1) is 0 Å². The van der Waals surface area contributed by atoms with Crippen LogP contribution < -0.4 is 15.9 Å².